The summed E-state index contributed by atoms with van der Waals surface area (Å²) in [5.74, 6) is 0. The predicted molar refractivity (Wildman–Crippen MR) is 99.4 cm³/mol. The van der Waals surface area contributed by atoms with Gasteiger partial charge in [-0.05, 0) is 69.7 Å². The summed E-state index contributed by atoms with van der Waals surface area (Å²) in [6.07, 6.45) is 4.51. The molecule has 1 aliphatic carbocycles. The lowest BCUT2D eigenvalue weighted by Gasteiger charge is -2.28. The second-order valence-corrected chi connectivity index (χ2v) is 8.46. The number of benzene rings is 1. The van der Waals surface area contributed by atoms with Crippen molar-refractivity contribution in [3.8, 4) is 0 Å². The highest BCUT2D eigenvalue weighted by Crippen LogP contribution is 2.37. The zero-order chi connectivity index (χ0) is 17.8. The van der Waals surface area contributed by atoms with Crippen LogP contribution in [0.1, 0.15) is 59.4 Å². The van der Waals surface area contributed by atoms with Crippen molar-refractivity contribution in [3.63, 3.8) is 0 Å². The Hall–Kier alpha value is -1.55. The van der Waals surface area contributed by atoms with Gasteiger partial charge in [0.2, 0.25) is 0 Å². The SMILES string of the molecule is CC(C)(C)OC(=O)Nc1ccc(CCNC2CCCC2(C)C)cc1. The lowest BCUT2D eigenvalue weighted by atomic mass is 9.87. The largest absolute Gasteiger partial charge is 0.444 e. The molecule has 1 aromatic carbocycles. The molecule has 0 spiro atoms. The molecular formula is C20H32N2O2. The van der Waals surface area contributed by atoms with E-state index in [4.69, 9.17) is 4.74 Å². The van der Waals surface area contributed by atoms with Crippen LogP contribution in [0.5, 0.6) is 0 Å². The molecule has 0 aromatic heterocycles. The molecular weight excluding hydrogens is 300 g/mol. The Morgan fingerprint density at radius 1 is 1.25 bits per heavy atom. The molecule has 4 heteroatoms. The number of hydrogen-bond donors (Lipinski definition) is 2. The molecule has 1 fully saturated rings. The maximum Gasteiger partial charge on any atom is 0.412 e. The molecule has 1 amide bonds. The number of amides is 1. The van der Waals surface area contributed by atoms with Crippen LogP contribution in [0.25, 0.3) is 0 Å². The number of rotatable bonds is 5. The van der Waals surface area contributed by atoms with Crippen LogP contribution < -0.4 is 10.6 Å². The van der Waals surface area contributed by atoms with Crippen molar-refractivity contribution in [2.45, 2.75) is 71.9 Å². The van der Waals surface area contributed by atoms with Crippen LogP contribution in [-0.4, -0.2) is 24.3 Å². The molecule has 0 saturated heterocycles. The van der Waals surface area contributed by atoms with Crippen molar-refractivity contribution in [3.05, 3.63) is 29.8 Å². The molecule has 1 unspecified atom stereocenters. The van der Waals surface area contributed by atoms with Gasteiger partial charge in [0, 0.05) is 11.7 Å². The van der Waals surface area contributed by atoms with E-state index in [0.29, 0.717) is 11.5 Å². The summed E-state index contributed by atoms with van der Waals surface area (Å²) in [5.41, 5.74) is 1.97. The fourth-order valence-corrected chi connectivity index (χ4v) is 3.27. The van der Waals surface area contributed by atoms with Crippen molar-refractivity contribution in [2.75, 3.05) is 11.9 Å². The Morgan fingerprint density at radius 3 is 2.46 bits per heavy atom. The van der Waals surface area contributed by atoms with Crippen molar-refractivity contribution < 1.29 is 9.53 Å². The van der Waals surface area contributed by atoms with Gasteiger partial charge in [0.05, 0.1) is 0 Å². The van der Waals surface area contributed by atoms with Crippen LogP contribution >= 0.6 is 0 Å². The Bertz CT molecular complexity index is 544. The van der Waals surface area contributed by atoms with Crippen LogP contribution in [-0.2, 0) is 11.2 Å². The molecule has 0 heterocycles. The van der Waals surface area contributed by atoms with Crippen LogP contribution in [0, 0.1) is 5.41 Å². The molecule has 2 rings (SSSR count). The third kappa shape index (κ3) is 5.82. The fourth-order valence-electron chi connectivity index (χ4n) is 3.27. The number of ether oxygens (including phenoxy) is 1. The first-order chi connectivity index (χ1) is 11.2. The second kappa shape index (κ2) is 7.56. The maximum atomic E-state index is 11.7. The summed E-state index contributed by atoms with van der Waals surface area (Å²) in [6.45, 7) is 11.3. The van der Waals surface area contributed by atoms with Gasteiger partial charge < -0.3 is 10.1 Å². The minimum absolute atomic E-state index is 0.416. The summed E-state index contributed by atoms with van der Waals surface area (Å²) in [4.78, 5) is 11.7. The van der Waals surface area contributed by atoms with Gasteiger partial charge in [-0.15, -0.1) is 0 Å². The number of hydrogen-bond acceptors (Lipinski definition) is 3. The van der Waals surface area contributed by atoms with Crippen LogP contribution in [0.4, 0.5) is 10.5 Å². The molecule has 24 heavy (non-hydrogen) atoms. The number of nitrogens with one attached hydrogen (secondary N) is 2. The maximum absolute atomic E-state index is 11.7. The van der Waals surface area contributed by atoms with Gasteiger partial charge in [-0.3, -0.25) is 5.32 Å². The quantitative estimate of drug-likeness (QED) is 0.818. The van der Waals surface area contributed by atoms with Gasteiger partial charge in [0.25, 0.3) is 0 Å². The minimum Gasteiger partial charge on any atom is -0.444 e. The van der Waals surface area contributed by atoms with E-state index >= 15 is 0 Å². The van der Waals surface area contributed by atoms with E-state index < -0.39 is 11.7 Å². The molecule has 0 radical (unpaired) electrons. The van der Waals surface area contributed by atoms with Crippen molar-refractivity contribution in [2.24, 2.45) is 5.41 Å². The third-order valence-electron chi connectivity index (χ3n) is 4.66. The zero-order valence-electron chi connectivity index (χ0n) is 15.7. The number of carbonyl (C=O) groups is 1. The summed E-state index contributed by atoms with van der Waals surface area (Å²) in [5, 5.41) is 6.46. The second-order valence-electron chi connectivity index (χ2n) is 8.46. The smallest absolute Gasteiger partial charge is 0.412 e. The third-order valence-corrected chi connectivity index (χ3v) is 4.66. The first kappa shape index (κ1) is 18.8. The molecule has 1 saturated carbocycles. The average Bonchev–Trinajstić information content (AvgIpc) is 2.78. The van der Waals surface area contributed by atoms with E-state index in [1.807, 2.05) is 32.9 Å². The molecule has 1 atom stereocenters. The Morgan fingerprint density at radius 2 is 1.92 bits per heavy atom. The normalized spacial score (nSPS) is 20.0. The molecule has 0 bridgehead atoms. The first-order valence-corrected chi connectivity index (χ1v) is 8.98. The number of carbonyl (C=O) groups excluding carboxylic acids is 1. The van der Waals surface area contributed by atoms with Crippen molar-refractivity contribution in [1.82, 2.24) is 5.32 Å². The van der Waals surface area contributed by atoms with Crippen molar-refractivity contribution >= 4 is 11.8 Å². The molecule has 4 nitrogen and oxygen atoms in total. The summed E-state index contributed by atoms with van der Waals surface area (Å²) in [7, 11) is 0. The number of anilines is 1. The van der Waals surface area contributed by atoms with Gasteiger partial charge >= 0.3 is 6.09 Å². The first-order valence-electron chi connectivity index (χ1n) is 8.98. The van der Waals surface area contributed by atoms with Crippen molar-refractivity contribution in [1.29, 1.82) is 0 Å². The van der Waals surface area contributed by atoms with E-state index in [9.17, 15) is 4.79 Å². The van der Waals surface area contributed by atoms with E-state index in [0.717, 1.165) is 18.7 Å². The average molecular weight is 332 g/mol. The van der Waals surface area contributed by atoms with Gasteiger partial charge in [-0.25, -0.2) is 4.79 Å². The Kier molecular flexibility index (Phi) is 5.92. The predicted octanol–water partition coefficient (Wildman–Crippen LogP) is 4.74. The van der Waals surface area contributed by atoms with E-state index in [1.165, 1.54) is 24.8 Å². The van der Waals surface area contributed by atoms with E-state index in [2.05, 4.69) is 36.6 Å². The molecule has 134 valence electrons. The highest BCUT2D eigenvalue weighted by atomic mass is 16.6. The van der Waals surface area contributed by atoms with Gasteiger partial charge in [-0.1, -0.05) is 32.4 Å². The van der Waals surface area contributed by atoms with E-state index in [-0.39, 0.29) is 0 Å². The fraction of sp³-hybridized carbons (Fsp3) is 0.650. The van der Waals surface area contributed by atoms with Gasteiger partial charge in [0.1, 0.15) is 5.60 Å². The Balaban J connectivity index is 1.77. The summed E-state index contributed by atoms with van der Waals surface area (Å²) < 4.78 is 5.25. The lowest BCUT2D eigenvalue weighted by molar-refractivity contribution is 0.0636. The molecule has 0 aliphatic heterocycles. The standard InChI is InChI=1S/C20H32N2O2/c1-19(2,3)24-18(23)22-16-10-8-15(9-11-16)12-14-21-17-7-6-13-20(17,4)5/h8-11,17,21H,6-7,12-14H2,1-5H3,(H,22,23). The molecule has 1 aromatic rings. The van der Waals surface area contributed by atoms with Gasteiger partial charge in [0.15, 0.2) is 0 Å². The Labute approximate surface area is 146 Å². The summed E-state index contributed by atoms with van der Waals surface area (Å²) in [6, 6.07) is 8.62. The zero-order valence-corrected chi connectivity index (χ0v) is 15.7. The topological polar surface area (TPSA) is 50.4 Å². The monoisotopic (exact) mass is 332 g/mol. The lowest BCUT2D eigenvalue weighted by Crippen LogP contribution is -2.38. The van der Waals surface area contributed by atoms with E-state index in [1.54, 1.807) is 0 Å². The molecule has 2 N–H and O–H groups in total. The van der Waals surface area contributed by atoms with Crippen LogP contribution in [0.2, 0.25) is 0 Å². The highest BCUT2D eigenvalue weighted by molar-refractivity contribution is 5.84. The summed E-state index contributed by atoms with van der Waals surface area (Å²) >= 11 is 0. The van der Waals surface area contributed by atoms with Crippen LogP contribution in [0.15, 0.2) is 24.3 Å². The van der Waals surface area contributed by atoms with Gasteiger partial charge in [-0.2, -0.15) is 0 Å². The highest BCUT2D eigenvalue weighted by Gasteiger charge is 2.33. The minimum atomic E-state index is -0.482. The van der Waals surface area contributed by atoms with Crippen LogP contribution in [0.3, 0.4) is 0 Å². The molecule has 1 aliphatic rings.